The molecule has 0 fully saturated rings. The van der Waals surface area contributed by atoms with Crippen molar-refractivity contribution in [3.05, 3.63) is 89.3 Å². The third-order valence-electron chi connectivity index (χ3n) is 6.96. The summed E-state index contributed by atoms with van der Waals surface area (Å²) in [6.45, 7) is 7.05. The number of nitrogens with two attached hydrogens (primary N) is 1. The van der Waals surface area contributed by atoms with Crippen LogP contribution in [0.3, 0.4) is 0 Å². The summed E-state index contributed by atoms with van der Waals surface area (Å²) in [5, 5.41) is 4.43. The highest BCUT2D eigenvalue weighted by molar-refractivity contribution is 6.09. The Balaban J connectivity index is 1.44. The van der Waals surface area contributed by atoms with Gasteiger partial charge in [0.1, 0.15) is 11.5 Å². The van der Waals surface area contributed by atoms with Gasteiger partial charge in [-0.15, -0.1) is 0 Å². The molecule has 0 aliphatic carbocycles. The van der Waals surface area contributed by atoms with E-state index in [1.807, 2.05) is 73.1 Å². The molecule has 200 valence electrons. The zero-order valence-electron chi connectivity index (χ0n) is 22.3. The topological polar surface area (TPSA) is 119 Å². The SMILES string of the molecule is CCCN(Cc1nccn1-c1ccc(N2CCc3c(C(N)=O)nn(-c4ccc(C)cc4)c3C2=O)cc1)C(C)=O. The van der Waals surface area contributed by atoms with E-state index in [9.17, 15) is 14.4 Å². The van der Waals surface area contributed by atoms with Gasteiger partial charge in [-0.3, -0.25) is 14.4 Å². The molecule has 5 rings (SSSR count). The summed E-state index contributed by atoms with van der Waals surface area (Å²) in [5.74, 6) is -0.133. The number of carbonyl (C=O) groups is 3. The van der Waals surface area contributed by atoms with E-state index in [-0.39, 0.29) is 17.5 Å². The molecule has 1 aliphatic heterocycles. The van der Waals surface area contributed by atoms with Crippen LogP contribution in [0.2, 0.25) is 0 Å². The van der Waals surface area contributed by atoms with Crippen molar-refractivity contribution in [2.75, 3.05) is 18.0 Å². The molecule has 39 heavy (non-hydrogen) atoms. The summed E-state index contributed by atoms with van der Waals surface area (Å²) in [5.41, 5.74) is 10.0. The van der Waals surface area contributed by atoms with Gasteiger partial charge < -0.3 is 20.1 Å². The Hall–Kier alpha value is -4.73. The van der Waals surface area contributed by atoms with Crippen molar-refractivity contribution in [3.8, 4) is 11.4 Å². The highest BCUT2D eigenvalue weighted by Gasteiger charge is 2.34. The molecule has 10 heteroatoms. The summed E-state index contributed by atoms with van der Waals surface area (Å²) < 4.78 is 3.46. The number of fused-ring (bicyclic) bond motifs is 1. The summed E-state index contributed by atoms with van der Waals surface area (Å²) in [7, 11) is 0. The van der Waals surface area contributed by atoms with E-state index in [0.29, 0.717) is 43.0 Å². The van der Waals surface area contributed by atoms with Crippen LogP contribution >= 0.6 is 0 Å². The quantitative estimate of drug-likeness (QED) is 0.378. The molecule has 2 aromatic carbocycles. The number of aromatic nitrogens is 4. The van der Waals surface area contributed by atoms with Crippen LogP contribution in [-0.2, 0) is 17.8 Å². The van der Waals surface area contributed by atoms with Crippen molar-refractivity contribution < 1.29 is 14.4 Å². The number of anilines is 1. The number of primary amides is 1. The molecule has 2 aromatic heterocycles. The predicted octanol–water partition coefficient (Wildman–Crippen LogP) is 3.43. The van der Waals surface area contributed by atoms with Gasteiger partial charge in [-0.05, 0) is 56.2 Å². The first kappa shape index (κ1) is 25.9. The van der Waals surface area contributed by atoms with Crippen LogP contribution in [0.4, 0.5) is 5.69 Å². The summed E-state index contributed by atoms with van der Waals surface area (Å²) in [6, 6.07) is 15.2. The van der Waals surface area contributed by atoms with Gasteiger partial charge in [0.2, 0.25) is 5.91 Å². The van der Waals surface area contributed by atoms with E-state index in [1.165, 1.54) is 4.68 Å². The normalized spacial score (nSPS) is 12.9. The Labute approximate surface area is 226 Å². The number of rotatable bonds is 8. The van der Waals surface area contributed by atoms with E-state index < -0.39 is 5.91 Å². The number of hydrogen-bond acceptors (Lipinski definition) is 5. The Morgan fingerprint density at radius 2 is 1.69 bits per heavy atom. The highest BCUT2D eigenvalue weighted by Crippen LogP contribution is 2.29. The smallest absolute Gasteiger partial charge is 0.277 e. The summed E-state index contributed by atoms with van der Waals surface area (Å²) >= 11 is 0. The van der Waals surface area contributed by atoms with Crippen molar-refractivity contribution in [2.24, 2.45) is 5.73 Å². The molecular formula is C29H31N7O3. The lowest BCUT2D eigenvalue weighted by Gasteiger charge is -2.28. The molecule has 0 spiro atoms. The van der Waals surface area contributed by atoms with Gasteiger partial charge >= 0.3 is 0 Å². The van der Waals surface area contributed by atoms with Crippen LogP contribution in [0.15, 0.2) is 60.9 Å². The second-order valence-electron chi connectivity index (χ2n) is 9.66. The van der Waals surface area contributed by atoms with Crippen LogP contribution in [0.1, 0.15) is 58.2 Å². The third kappa shape index (κ3) is 4.93. The fourth-order valence-corrected chi connectivity index (χ4v) is 4.94. The van der Waals surface area contributed by atoms with Crippen LogP contribution in [0.5, 0.6) is 0 Å². The number of nitrogens with zero attached hydrogens (tertiary/aromatic N) is 6. The van der Waals surface area contributed by atoms with Gasteiger partial charge in [-0.2, -0.15) is 5.10 Å². The van der Waals surface area contributed by atoms with E-state index in [4.69, 9.17) is 5.73 Å². The maximum atomic E-state index is 13.8. The van der Waals surface area contributed by atoms with Crippen molar-refractivity contribution >= 4 is 23.4 Å². The van der Waals surface area contributed by atoms with Crippen LogP contribution in [0.25, 0.3) is 11.4 Å². The fraction of sp³-hybridized carbons (Fsp3) is 0.276. The van der Waals surface area contributed by atoms with Crippen molar-refractivity contribution in [1.82, 2.24) is 24.2 Å². The van der Waals surface area contributed by atoms with Crippen molar-refractivity contribution in [1.29, 1.82) is 0 Å². The third-order valence-corrected chi connectivity index (χ3v) is 6.96. The minimum absolute atomic E-state index is 0.00843. The molecule has 4 aromatic rings. The minimum Gasteiger partial charge on any atom is -0.364 e. The van der Waals surface area contributed by atoms with Gasteiger partial charge in [-0.25, -0.2) is 9.67 Å². The lowest BCUT2D eigenvalue weighted by Crippen LogP contribution is -2.39. The second-order valence-corrected chi connectivity index (χ2v) is 9.66. The van der Waals surface area contributed by atoms with Gasteiger partial charge in [0.25, 0.3) is 11.8 Å². The molecule has 0 atom stereocenters. The molecule has 2 N–H and O–H groups in total. The molecule has 3 heterocycles. The Kier molecular flexibility index (Phi) is 7.02. The van der Waals surface area contributed by atoms with Crippen LogP contribution in [0, 0.1) is 6.92 Å². The number of amides is 3. The maximum Gasteiger partial charge on any atom is 0.277 e. The van der Waals surface area contributed by atoms with Gasteiger partial charge in [0.15, 0.2) is 5.69 Å². The minimum atomic E-state index is -0.652. The summed E-state index contributed by atoms with van der Waals surface area (Å²) in [4.78, 5) is 45.9. The lowest BCUT2D eigenvalue weighted by atomic mass is 10.0. The van der Waals surface area contributed by atoms with E-state index >= 15 is 0 Å². The maximum absolute atomic E-state index is 13.8. The Bertz CT molecular complexity index is 1530. The average Bonchev–Trinajstić information content (AvgIpc) is 3.55. The molecule has 0 saturated carbocycles. The molecule has 0 bridgehead atoms. The molecule has 10 nitrogen and oxygen atoms in total. The standard InChI is InChI=1S/C29H31N7O3/c1-4-15-33(20(3)37)18-25-31-14-17-34(25)21-9-11-22(12-10-21)35-16-13-24-26(28(30)38)32-36(27(24)29(35)39)23-7-5-19(2)6-8-23/h5-12,14,17H,4,13,15-16,18H2,1-3H3,(H2,30,38). The number of benzene rings is 2. The average molecular weight is 526 g/mol. The summed E-state index contributed by atoms with van der Waals surface area (Å²) in [6.07, 6.45) is 4.89. The Morgan fingerprint density at radius 1 is 1.03 bits per heavy atom. The molecule has 3 amide bonds. The zero-order chi connectivity index (χ0) is 27.7. The lowest BCUT2D eigenvalue weighted by molar-refractivity contribution is -0.129. The molecule has 1 aliphatic rings. The largest absolute Gasteiger partial charge is 0.364 e. The molecule has 0 radical (unpaired) electrons. The second kappa shape index (κ2) is 10.6. The van der Waals surface area contributed by atoms with Gasteiger partial charge in [0.05, 0.1) is 12.2 Å². The number of carbonyl (C=O) groups excluding carboxylic acids is 3. The van der Waals surface area contributed by atoms with E-state index in [2.05, 4.69) is 10.1 Å². The van der Waals surface area contributed by atoms with E-state index in [1.54, 1.807) is 22.9 Å². The first-order valence-corrected chi connectivity index (χ1v) is 13.0. The Morgan fingerprint density at radius 3 is 2.33 bits per heavy atom. The molecule has 0 unspecified atom stereocenters. The number of hydrogen-bond donors (Lipinski definition) is 1. The zero-order valence-corrected chi connectivity index (χ0v) is 22.3. The predicted molar refractivity (Wildman–Crippen MR) is 147 cm³/mol. The fourth-order valence-electron chi connectivity index (χ4n) is 4.94. The van der Waals surface area contributed by atoms with Crippen molar-refractivity contribution in [3.63, 3.8) is 0 Å². The highest BCUT2D eigenvalue weighted by atomic mass is 16.2. The first-order chi connectivity index (χ1) is 18.8. The monoisotopic (exact) mass is 525 g/mol. The van der Waals surface area contributed by atoms with Gasteiger partial charge in [0, 0.05) is 49.3 Å². The van der Waals surface area contributed by atoms with Crippen molar-refractivity contribution in [2.45, 2.75) is 40.2 Å². The molecule has 0 saturated heterocycles. The van der Waals surface area contributed by atoms with Gasteiger partial charge in [-0.1, -0.05) is 24.6 Å². The van der Waals surface area contributed by atoms with E-state index in [0.717, 1.165) is 29.2 Å². The van der Waals surface area contributed by atoms with Crippen LogP contribution in [-0.4, -0.2) is 55.0 Å². The first-order valence-electron chi connectivity index (χ1n) is 13.0. The van der Waals surface area contributed by atoms with Crippen LogP contribution < -0.4 is 10.6 Å². The molecular weight excluding hydrogens is 494 g/mol. The number of imidazole rings is 1. The number of aryl methyl sites for hydroxylation is 1.